The van der Waals surface area contributed by atoms with Crippen LogP contribution in [-0.4, -0.2) is 40.4 Å². The van der Waals surface area contributed by atoms with Gasteiger partial charge in [-0.15, -0.1) is 10.2 Å². The van der Waals surface area contributed by atoms with E-state index >= 15 is 0 Å². The van der Waals surface area contributed by atoms with Crippen molar-refractivity contribution in [3.8, 4) is 5.75 Å². The fraction of sp³-hybridized carbons (Fsp3) is 0.105. The maximum atomic E-state index is 12.0. The van der Waals surface area contributed by atoms with Gasteiger partial charge in [0.15, 0.2) is 0 Å². The van der Waals surface area contributed by atoms with Gasteiger partial charge in [0, 0.05) is 17.8 Å². The zero-order chi connectivity index (χ0) is 22.9. The van der Waals surface area contributed by atoms with Gasteiger partial charge in [0.05, 0.1) is 24.7 Å². The molecule has 0 aliphatic carbocycles. The number of rotatable bonds is 8. The van der Waals surface area contributed by atoms with Gasteiger partial charge in [0.25, 0.3) is 5.69 Å². The normalized spacial score (nSPS) is 10.5. The maximum Gasteiger partial charge on any atom is 0.325 e. The summed E-state index contributed by atoms with van der Waals surface area (Å²) in [6.07, 6.45) is 1.43. The summed E-state index contributed by atoms with van der Waals surface area (Å²) in [6, 6.07) is 11.9. The monoisotopic (exact) mass is 455 g/mol. The van der Waals surface area contributed by atoms with E-state index < -0.39 is 16.9 Å². The van der Waals surface area contributed by atoms with Crippen LogP contribution in [0.1, 0.15) is 10.6 Å². The lowest BCUT2D eigenvalue weighted by atomic mass is 10.2. The number of anilines is 2. The lowest BCUT2D eigenvalue weighted by Crippen LogP contribution is -2.19. The number of non-ortho nitro benzene ring substituents is 1. The van der Waals surface area contributed by atoms with E-state index in [1.807, 2.05) is 0 Å². The van der Waals surface area contributed by atoms with Crippen LogP contribution in [0.25, 0.3) is 0 Å². The SMILES string of the molecule is COc1ccc(/C=N\NC(=O)Cc2nnc(NC(=O)Nc3ccc([N+](=O)[O-])cc3)s2)cc1. The number of nitrogens with zero attached hydrogens (tertiary/aromatic N) is 4. The van der Waals surface area contributed by atoms with Gasteiger partial charge in [-0.05, 0) is 42.0 Å². The van der Waals surface area contributed by atoms with Crippen molar-refractivity contribution in [2.75, 3.05) is 17.7 Å². The molecule has 3 rings (SSSR count). The zero-order valence-electron chi connectivity index (χ0n) is 16.6. The lowest BCUT2D eigenvalue weighted by molar-refractivity contribution is -0.384. The van der Waals surface area contributed by atoms with Gasteiger partial charge in [-0.1, -0.05) is 11.3 Å². The minimum absolute atomic E-state index is 0.0662. The second-order valence-electron chi connectivity index (χ2n) is 6.13. The van der Waals surface area contributed by atoms with Gasteiger partial charge in [-0.2, -0.15) is 5.10 Å². The summed E-state index contributed by atoms with van der Waals surface area (Å²) in [5.74, 6) is 0.320. The Balaban J connectivity index is 1.46. The van der Waals surface area contributed by atoms with E-state index in [1.165, 1.54) is 30.5 Å². The van der Waals surface area contributed by atoms with E-state index in [9.17, 15) is 19.7 Å². The van der Waals surface area contributed by atoms with Crippen molar-refractivity contribution in [1.82, 2.24) is 15.6 Å². The predicted molar refractivity (Wildman–Crippen MR) is 118 cm³/mol. The molecule has 3 N–H and O–H groups in total. The first-order valence-electron chi connectivity index (χ1n) is 9.04. The molecule has 0 atom stereocenters. The average molecular weight is 455 g/mol. The number of urea groups is 1. The Morgan fingerprint density at radius 1 is 1.12 bits per heavy atom. The molecular weight excluding hydrogens is 438 g/mol. The molecular formula is C19H17N7O5S. The number of hydrogen-bond acceptors (Lipinski definition) is 9. The summed E-state index contributed by atoms with van der Waals surface area (Å²) < 4.78 is 5.07. The molecule has 13 heteroatoms. The number of benzene rings is 2. The van der Waals surface area contributed by atoms with Gasteiger partial charge in [-0.3, -0.25) is 20.2 Å². The standard InChI is InChI=1S/C19H17N7O5S/c1-31-15-8-2-12(3-9-15)11-20-23-16(27)10-17-24-25-19(32-17)22-18(28)21-13-4-6-14(7-5-13)26(29)30/h2-9,11H,10H2,1H3,(H,23,27)(H2,21,22,25,28)/b20-11-. The molecule has 0 aliphatic heterocycles. The van der Waals surface area contributed by atoms with Crippen molar-refractivity contribution < 1.29 is 19.2 Å². The Morgan fingerprint density at radius 2 is 1.84 bits per heavy atom. The molecule has 0 saturated carbocycles. The van der Waals surface area contributed by atoms with E-state index in [4.69, 9.17) is 4.74 Å². The third-order valence-corrected chi connectivity index (χ3v) is 4.69. The molecule has 0 saturated heterocycles. The Hall–Kier alpha value is -4.39. The van der Waals surface area contributed by atoms with Gasteiger partial charge in [-0.25, -0.2) is 10.2 Å². The first-order valence-corrected chi connectivity index (χ1v) is 9.85. The van der Waals surface area contributed by atoms with E-state index in [0.717, 1.165) is 16.9 Å². The number of hydrazone groups is 1. The van der Waals surface area contributed by atoms with Crippen LogP contribution in [0.2, 0.25) is 0 Å². The molecule has 0 unspecified atom stereocenters. The molecule has 12 nitrogen and oxygen atoms in total. The number of carbonyl (C=O) groups excluding carboxylic acids is 2. The minimum Gasteiger partial charge on any atom is -0.497 e. The Bertz CT molecular complexity index is 1130. The number of carbonyl (C=O) groups is 2. The highest BCUT2D eigenvalue weighted by atomic mass is 32.1. The van der Waals surface area contributed by atoms with Crippen molar-refractivity contribution in [3.05, 3.63) is 69.2 Å². The van der Waals surface area contributed by atoms with Crippen LogP contribution < -0.4 is 20.8 Å². The molecule has 32 heavy (non-hydrogen) atoms. The van der Waals surface area contributed by atoms with Crippen molar-refractivity contribution in [2.45, 2.75) is 6.42 Å². The van der Waals surface area contributed by atoms with Crippen LogP contribution in [0.5, 0.6) is 5.75 Å². The number of nitro benzene ring substituents is 1. The third-order valence-electron chi connectivity index (χ3n) is 3.85. The summed E-state index contributed by atoms with van der Waals surface area (Å²) in [4.78, 5) is 34.1. The van der Waals surface area contributed by atoms with Crippen LogP contribution >= 0.6 is 11.3 Å². The van der Waals surface area contributed by atoms with Crippen LogP contribution in [0.4, 0.5) is 21.3 Å². The topological polar surface area (TPSA) is 161 Å². The molecule has 1 aromatic heterocycles. The molecule has 164 valence electrons. The number of amides is 3. The van der Waals surface area contributed by atoms with Gasteiger partial charge in [0.2, 0.25) is 11.0 Å². The molecule has 0 radical (unpaired) electrons. The molecule has 0 aliphatic rings. The van der Waals surface area contributed by atoms with Crippen molar-refractivity contribution in [1.29, 1.82) is 0 Å². The Labute approximate surface area is 185 Å². The van der Waals surface area contributed by atoms with E-state index in [0.29, 0.717) is 16.4 Å². The van der Waals surface area contributed by atoms with Crippen molar-refractivity contribution in [2.24, 2.45) is 5.10 Å². The number of methoxy groups -OCH3 is 1. The third kappa shape index (κ3) is 6.56. The van der Waals surface area contributed by atoms with Gasteiger partial charge < -0.3 is 10.1 Å². The van der Waals surface area contributed by atoms with Crippen LogP contribution in [-0.2, 0) is 11.2 Å². The summed E-state index contributed by atoms with van der Waals surface area (Å²) >= 11 is 1.03. The second kappa shape index (κ2) is 10.6. The van der Waals surface area contributed by atoms with Gasteiger partial charge >= 0.3 is 6.03 Å². The van der Waals surface area contributed by atoms with E-state index in [1.54, 1.807) is 31.4 Å². The molecule has 3 aromatic rings. The summed E-state index contributed by atoms with van der Waals surface area (Å²) in [6.45, 7) is 0. The highest BCUT2D eigenvalue weighted by Gasteiger charge is 2.12. The first kappa shape index (κ1) is 22.3. The maximum absolute atomic E-state index is 12.0. The highest BCUT2D eigenvalue weighted by molar-refractivity contribution is 7.15. The van der Waals surface area contributed by atoms with E-state index in [-0.39, 0.29) is 17.2 Å². The second-order valence-corrected chi connectivity index (χ2v) is 7.19. The molecule has 2 aromatic carbocycles. The summed E-state index contributed by atoms with van der Waals surface area (Å²) in [5.41, 5.74) is 3.46. The van der Waals surface area contributed by atoms with Crippen LogP contribution in [0, 0.1) is 10.1 Å². The number of nitrogens with one attached hydrogen (secondary N) is 3. The first-order chi connectivity index (χ1) is 15.4. The fourth-order valence-corrected chi connectivity index (χ4v) is 3.08. The quantitative estimate of drug-likeness (QED) is 0.267. The van der Waals surface area contributed by atoms with Crippen LogP contribution in [0.3, 0.4) is 0 Å². The van der Waals surface area contributed by atoms with Crippen LogP contribution in [0.15, 0.2) is 53.6 Å². The Kier molecular flexibility index (Phi) is 7.37. The number of aromatic nitrogens is 2. The molecule has 3 amide bonds. The highest BCUT2D eigenvalue weighted by Crippen LogP contribution is 2.18. The molecule has 0 bridgehead atoms. The smallest absolute Gasteiger partial charge is 0.325 e. The minimum atomic E-state index is -0.602. The average Bonchev–Trinajstić information content (AvgIpc) is 3.20. The molecule has 1 heterocycles. The predicted octanol–water partition coefficient (Wildman–Crippen LogP) is 2.79. The molecule has 0 spiro atoms. The van der Waals surface area contributed by atoms with E-state index in [2.05, 4.69) is 31.4 Å². The van der Waals surface area contributed by atoms with Crippen molar-refractivity contribution >= 4 is 46.0 Å². The summed E-state index contributed by atoms with van der Waals surface area (Å²) in [7, 11) is 1.57. The largest absolute Gasteiger partial charge is 0.497 e. The number of hydrogen-bond donors (Lipinski definition) is 3. The number of nitro groups is 1. The zero-order valence-corrected chi connectivity index (χ0v) is 17.5. The van der Waals surface area contributed by atoms with Crippen molar-refractivity contribution in [3.63, 3.8) is 0 Å². The molecule has 0 fully saturated rings. The summed E-state index contributed by atoms with van der Waals surface area (Å²) in [5, 5.41) is 27.8. The number of ether oxygens (including phenoxy) is 1. The fourth-order valence-electron chi connectivity index (χ4n) is 2.35. The lowest BCUT2D eigenvalue weighted by Gasteiger charge is -2.04. The van der Waals surface area contributed by atoms with Gasteiger partial charge in [0.1, 0.15) is 10.8 Å². The Morgan fingerprint density at radius 3 is 2.50 bits per heavy atom.